The molecule has 200 valence electrons. The van der Waals surface area contributed by atoms with Crippen molar-refractivity contribution in [3.8, 4) is 0 Å². The molecule has 0 spiro atoms. The van der Waals surface area contributed by atoms with Crippen molar-refractivity contribution in [2.45, 2.75) is 92.0 Å². The van der Waals surface area contributed by atoms with Crippen molar-refractivity contribution in [1.29, 1.82) is 0 Å². The molecule has 1 aliphatic heterocycles. The fourth-order valence-corrected chi connectivity index (χ4v) is 7.20. The van der Waals surface area contributed by atoms with Crippen molar-refractivity contribution in [2.24, 2.45) is 16.7 Å². The minimum Gasteiger partial charge on any atom is -0.444 e. The first-order chi connectivity index (χ1) is 16.5. The number of fused-ring (bicyclic) bond motifs is 1. The number of piperazine rings is 1. The lowest BCUT2D eigenvalue weighted by molar-refractivity contribution is -0.138. The summed E-state index contributed by atoms with van der Waals surface area (Å²) in [7, 11) is 0. The molecule has 1 saturated heterocycles. The van der Waals surface area contributed by atoms with Crippen molar-refractivity contribution in [1.82, 2.24) is 9.80 Å². The van der Waals surface area contributed by atoms with Crippen LogP contribution in [0.5, 0.6) is 0 Å². The number of ketones is 1. The first kappa shape index (κ1) is 26.8. The number of carbonyl (C=O) groups excluding carboxylic acids is 2. The van der Waals surface area contributed by atoms with Crippen LogP contribution in [0.4, 0.5) is 16.2 Å². The molecule has 4 rings (SSSR count). The minimum atomic E-state index is -0.532. The molecule has 36 heavy (non-hydrogen) atoms. The Morgan fingerprint density at radius 1 is 1.06 bits per heavy atom. The minimum absolute atomic E-state index is 0.139. The number of hydrogen-bond donors (Lipinski definition) is 1. The molecular formula is C29H46N4O3. The summed E-state index contributed by atoms with van der Waals surface area (Å²) in [5, 5.41) is 0. The number of amides is 1. The van der Waals surface area contributed by atoms with E-state index in [0.717, 1.165) is 30.9 Å². The van der Waals surface area contributed by atoms with Crippen LogP contribution in [-0.4, -0.2) is 71.1 Å². The number of Topliss-reactive ketones (excluding diaryl/α,β-unsaturated/α-hetero) is 1. The van der Waals surface area contributed by atoms with E-state index < -0.39 is 16.6 Å². The van der Waals surface area contributed by atoms with E-state index in [2.05, 4.69) is 63.5 Å². The molecule has 0 bridgehead atoms. The van der Waals surface area contributed by atoms with Crippen LogP contribution in [-0.2, 0) is 9.53 Å². The molecule has 1 amide bonds. The molecule has 2 N–H and O–H groups in total. The highest BCUT2D eigenvalue weighted by atomic mass is 16.6. The van der Waals surface area contributed by atoms with Crippen molar-refractivity contribution >= 4 is 23.3 Å². The third kappa shape index (κ3) is 4.07. The summed E-state index contributed by atoms with van der Waals surface area (Å²) in [5.74, 6) is 0.598. The topological polar surface area (TPSA) is 79.1 Å². The average Bonchev–Trinajstić information content (AvgIpc) is 3.25. The Morgan fingerprint density at radius 3 is 2.11 bits per heavy atom. The first-order valence-corrected chi connectivity index (χ1v) is 13.5. The fraction of sp³-hybridized carbons (Fsp3) is 0.724. The summed E-state index contributed by atoms with van der Waals surface area (Å²) in [6.07, 6.45) is 0.718. The molecule has 7 heteroatoms. The standard InChI is InChI=1S/C29H46N4O3/c1-19(2)33(21-12-10-20(30)11-13-21)29-22(28(29,8)9)18-23(27(6,7)24(29)34)31-14-16-32(17-15-31)25(35)36-26(3,4)5/h10-13,19,22-23H,14-18,30H2,1-9H3. The van der Waals surface area contributed by atoms with Gasteiger partial charge in [0, 0.05) is 60.5 Å². The number of benzene rings is 1. The summed E-state index contributed by atoms with van der Waals surface area (Å²) in [4.78, 5) is 33.8. The monoisotopic (exact) mass is 498 g/mol. The molecule has 3 atom stereocenters. The maximum atomic E-state index is 14.6. The Kier molecular flexibility index (Phi) is 6.43. The van der Waals surface area contributed by atoms with Crippen LogP contribution in [0.25, 0.3) is 0 Å². The summed E-state index contributed by atoms with van der Waals surface area (Å²) < 4.78 is 5.58. The predicted octanol–water partition coefficient (Wildman–Crippen LogP) is 4.80. The van der Waals surface area contributed by atoms with Crippen molar-refractivity contribution in [2.75, 3.05) is 36.8 Å². The Bertz CT molecular complexity index is 1000. The van der Waals surface area contributed by atoms with Gasteiger partial charge in [-0.05, 0) is 71.2 Å². The molecular weight excluding hydrogens is 452 g/mol. The van der Waals surface area contributed by atoms with Crippen LogP contribution in [0, 0.1) is 16.7 Å². The Hall–Kier alpha value is -2.28. The molecule has 3 aliphatic rings. The zero-order valence-corrected chi connectivity index (χ0v) is 23.7. The quantitative estimate of drug-likeness (QED) is 0.601. The van der Waals surface area contributed by atoms with Gasteiger partial charge in [-0.1, -0.05) is 27.7 Å². The van der Waals surface area contributed by atoms with Crippen LogP contribution >= 0.6 is 0 Å². The number of rotatable bonds is 4. The van der Waals surface area contributed by atoms with E-state index in [1.165, 1.54) is 0 Å². The molecule has 2 aliphatic carbocycles. The highest BCUT2D eigenvalue weighted by Crippen LogP contribution is 2.73. The van der Waals surface area contributed by atoms with Crippen LogP contribution < -0.4 is 10.6 Å². The van der Waals surface area contributed by atoms with E-state index in [4.69, 9.17) is 10.5 Å². The van der Waals surface area contributed by atoms with Gasteiger partial charge in [-0.25, -0.2) is 4.79 Å². The lowest BCUT2D eigenvalue weighted by Crippen LogP contribution is -2.65. The van der Waals surface area contributed by atoms with Crippen molar-refractivity contribution < 1.29 is 14.3 Å². The van der Waals surface area contributed by atoms with Crippen LogP contribution in [0.15, 0.2) is 24.3 Å². The van der Waals surface area contributed by atoms with E-state index in [1.807, 2.05) is 32.9 Å². The maximum absolute atomic E-state index is 14.6. The van der Waals surface area contributed by atoms with E-state index in [-0.39, 0.29) is 29.5 Å². The third-order valence-corrected chi connectivity index (χ3v) is 8.97. The van der Waals surface area contributed by atoms with Gasteiger partial charge in [0.05, 0.1) is 0 Å². The van der Waals surface area contributed by atoms with Crippen LogP contribution in [0.2, 0.25) is 0 Å². The van der Waals surface area contributed by atoms with Gasteiger partial charge < -0.3 is 20.3 Å². The fourth-order valence-electron chi connectivity index (χ4n) is 7.20. The van der Waals surface area contributed by atoms with Gasteiger partial charge in [0.25, 0.3) is 0 Å². The smallest absolute Gasteiger partial charge is 0.410 e. The molecule has 3 fully saturated rings. The number of carbonyl (C=O) groups is 2. The summed E-state index contributed by atoms with van der Waals surface area (Å²) in [6.45, 7) is 21.6. The zero-order chi connectivity index (χ0) is 26.8. The molecule has 7 nitrogen and oxygen atoms in total. The average molecular weight is 499 g/mol. The Balaban J connectivity index is 1.58. The molecule has 1 aromatic carbocycles. The van der Waals surface area contributed by atoms with E-state index in [0.29, 0.717) is 18.9 Å². The normalized spacial score (nSPS) is 29.6. The van der Waals surface area contributed by atoms with Gasteiger partial charge in [-0.3, -0.25) is 9.69 Å². The summed E-state index contributed by atoms with van der Waals surface area (Å²) >= 11 is 0. The van der Waals surface area contributed by atoms with E-state index in [9.17, 15) is 9.59 Å². The Labute approximate surface area is 217 Å². The number of nitrogens with two attached hydrogens (primary N) is 1. The number of nitrogen functional groups attached to an aromatic ring is 1. The largest absolute Gasteiger partial charge is 0.444 e. The highest BCUT2D eigenvalue weighted by Gasteiger charge is 2.82. The van der Waals surface area contributed by atoms with Gasteiger partial charge in [0.15, 0.2) is 5.78 Å². The lowest BCUT2D eigenvalue weighted by atomic mass is 9.68. The van der Waals surface area contributed by atoms with E-state index in [1.54, 1.807) is 4.90 Å². The van der Waals surface area contributed by atoms with Crippen LogP contribution in [0.1, 0.15) is 68.7 Å². The molecule has 1 heterocycles. The number of hydrogen-bond acceptors (Lipinski definition) is 6. The Morgan fingerprint density at radius 2 is 1.61 bits per heavy atom. The lowest BCUT2D eigenvalue weighted by Gasteiger charge is -2.51. The predicted molar refractivity (Wildman–Crippen MR) is 145 cm³/mol. The first-order valence-electron chi connectivity index (χ1n) is 13.5. The maximum Gasteiger partial charge on any atom is 0.410 e. The van der Waals surface area contributed by atoms with E-state index >= 15 is 0 Å². The third-order valence-electron chi connectivity index (χ3n) is 8.97. The highest BCUT2D eigenvalue weighted by molar-refractivity contribution is 6.03. The van der Waals surface area contributed by atoms with Gasteiger partial charge in [-0.15, -0.1) is 0 Å². The van der Waals surface area contributed by atoms with Gasteiger partial charge in [0.2, 0.25) is 0 Å². The molecule has 3 unspecified atom stereocenters. The van der Waals surface area contributed by atoms with Gasteiger partial charge in [-0.2, -0.15) is 0 Å². The molecule has 0 radical (unpaired) electrons. The number of nitrogens with zero attached hydrogens (tertiary/aromatic N) is 3. The summed E-state index contributed by atoms with van der Waals surface area (Å²) in [6, 6.07) is 8.28. The SMILES string of the molecule is CC(C)N(c1ccc(N)cc1)C12C(=O)C(C)(C)C(N3CCN(C(=O)OC(C)(C)C)CC3)CC1C2(C)C. The summed E-state index contributed by atoms with van der Waals surface area (Å²) in [5.41, 5.74) is 6.09. The molecule has 1 aromatic rings. The van der Waals surface area contributed by atoms with Crippen molar-refractivity contribution in [3.63, 3.8) is 0 Å². The van der Waals surface area contributed by atoms with Gasteiger partial charge >= 0.3 is 6.09 Å². The van der Waals surface area contributed by atoms with Crippen LogP contribution in [0.3, 0.4) is 0 Å². The zero-order valence-electron chi connectivity index (χ0n) is 23.7. The number of ether oxygens (including phenoxy) is 1. The second kappa shape index (κ2) is 8.64. The number of anilines is 2. The second-order valence-corrected chi connectivity index (χ2v) is 13.4. The molecule has 0 aromatic heterocycles. The second-order valence-electron chi connectivity index (χ2n) is 13.4. The van der Waals surface area contributed by atoms with Crippen molar-refractivity contribution in [3.05, 3.63) is 24.3 Å². The molecule has 2 saturated carbocycles. The van der Waals surface area contributed by atoms with Gasteiger partial charge in [0.1, 0.15) is 11.1 Å².